The Morgan fingerprint density at radius 3 is 1.63 bits per heavy atom. The van der Waals surface area contributed by atoms with Crippen molar-refractivity contribution < 1.29 is 28.5 Å². The highest BCUT2D eigenvalue weighted by atomic mass is 127. The van der Waals surface area contributed by atoms with E-state index < -0.39 is 0 Å². The van der Waals surface area contributed by atoms with Gasteiger partial charge in [0.2, 0.25) is 0 Å². The molecule has 164 valence electrons. The quantitative estimate of drug-likeness (QED) is 0.163. The van der Waals surface area contributed by atoms with Crippen LogP contribution in [0.5, 0.6) is 0 Å². The number of rotatable bonds is 16. The molecule has 3 unspecified atom stereocenters. The second-order valence-electron chi connectivity index (χ2n) is 9.07. The average Bonchev–Trinajstić information content (AvgIpc) is 2.62. The first-order valence-electron chi connectivity index (χ1n) is 12.1. The standard InChI is InChI=1S/C24H50NS.HI/c1-5-7-8-9-10-11-12-13-14-15-16-17-18-19-20-25(4)21-22-26-23(3)24(25)6-2;/h23-24H,5-22H2,1-4H3;1H/q+1;/p-1. The molecule has 1 fully saturated rings. The van der Waals surface area contributed by atoms with Gasteiger partial charge in [-0.2, -0.15) is 0 Å². The summed E-state index contributed by atoms with van der Waals surface area (Å²) in [6.07, 6.45) is 21.8. The van der Waals surface area contributed by atoms with E-state index in [0.717, 1.165) is 11.3 Å². The van der Waals surface area contributed by atoms with Gasteiger partial charge in [0, 0.05) is 5.75 Å². The highest BCUT2D eigenvalue weighted by molar-refractivity contribution is 8.00. The number of hydrogen-bond acceptors (Lipinski definition) is 1. The fraction of sp³-hybridized carbons (Fsp3) is 1.00. The normalized spacial score (nSPS) is 25.3. The van der Waals surface area contributed by atoms with Gasteiger partial charge >= 0.3 is 0 Å². The van der Waals surface area contributed by atoms with Crippen LogP contribution in [-0.4, -0.2) is 41.7 Å². The second-order valence-corrected chi connectivity index (χ2v) is 10.6. The van der Waals surface area contributed by atoms with Crippen LogP contribution in [0.4, 0.5) is 0 Å². The summed E-state index contributed by atoms with van der Waals surface area (Å²) in [6, 6.07) is 0.885. The molecule has 0 aliphatic carbocycles. The molecule has 0 aromatic heterocycles. The van der Waals surface area contributed by atoms with Crippen LogP contribution in [0, 0.1) is 0 Å². The largest absolute Gasteiger partial charge is 1.00 e. The molecular weight excluding hydrogens is 461 g/mol. The predicted molar refractivity (Wildman–Crippen MR) is 122 cm³/mol. The first kappa shape index (κ1) is 28.0. The Balaban J connectivity index is 0.00000676. The Labute approximate surface area is 193 Å². The van der Waals surface area contributed by atoms with Crippen molar-refractivity contribution in [2.24, 2.45) is 0 Å². The van der Waals surface area contributed by atoms with Crippen molar-refractivity contribution in [1.29, 1.82) is 0 Å². The summed E-state index contributed by atoms with van der Waals surface area (Å²) < 4.78 is 1.35. The number of quaternary nitrogens is 1. The highest BCUT2D eigenvalue weighted by Crippen LogP contribution is 2.31. The van der Waals surface area contributed by atoms with Crippen molar-refractivity contribution in [1.82, 2.24) is 0 Å². The van der Waals surface area contributed by atoms with Crippen LogP contribution >= 0.6 is 11.8 Å². The maximum absolute atomic E-state index is 2.53. The number of hydrogen-bond donors (Lipinski definition) is 0. The van der Waals surface area contributed by atoms with Crippen molar-refractivity contribution >= 4 is 11.8 Å². The molecule has 0 N–H and O–H groups in total. The smallest absolute Gasteiger partial charge is 0.100 e. The highest BCUT2D eigenvalue weighted by Gasteiger charge is 2.38. The van der Waals surface area contributed by atoms with E-state index in [0.29, 0.717) is 0 Å². The van der Waals surface area contributed by atoms with Gasteiger partial charge in [0.15, 0.2) is 0 Å². The Morgan fingerprint density at radius 1 is 0.741 bits per heavy atom. The van der Waals surface area contributed by atoms with Crippen LogP contribution in [0.2, 0.25) is 0 Å². The van der Waals surface area contributed by atoms with Gasteiger partial charge in [-0.3, -0.25) is 0 Å². The minimum Gasteiger partial charge on any atom is -1.00 e. The van der Waals surface area contributed by atoms with Gasteiger partial charge in [-0.05, 0) is 26.2 Å². The topological polar surface area (TPSA) is 0 Å². The summed E-state index contributed by atoms with van der Waals surface area (Å²) in [5.41, 5.74) is 0. The molecule has 0 radical (unpaired) electrons. The number of thioether (sulfide) groups is 1. The van der Waals surface area contributed by atoms with Crippen LogP contribution in [0.25, 0.3) is 0 Å². The lowest BCUT2D eigenvalue weighted by Crippen LogP contribution is -3.00. The van der Waals surface area contributed by atoms with Gasteiger partial charge in [0.25, 0.3) is 0 Å². The lowest BCUT2D eigenvalue weighted by atomic mass is 10.0. The molecule has 1 aliphatic rings. The monoisotopic (exact) mass is 511 g/mol. The maximum Gasteiger partial charge on any atom is 0.100 e. The van der Waals surface area contributed by atoms with Gasteiger partial charge in [0.1, 0.15) is 6.04 Å². The zero-order valence-electron chi connectivity index (χ0n) is 19.1. The van der Waals surface area contributed by atoms with Gasteiger partial charge in [0.05, 0.1) is 25.4 Å². The minimum atomic E-state index is 0. The third-order valence-electron chi connectivity index (χ3n) is 6.77. The Kier molecular flexibility index (Phi) is 18.5. The van der Waals surface area contributed by atoms with Crippen LogP contribution in [0.3, 0.4) is 0 Å². The third kappa shape index (κ3) is 12.4. The van der Waals surface area contributed by atoms with E-state index in [1.165, 1.54) is 120 Å². The number of nitrogens with zero attached hydrogens (tertiary/aromatic N) is 1. The fourth-order valence-electron chi connectivity index (χ4n) is 4.95. The van der Waals surface area contributed by atoms with E-state index in [1.54, 1.807) is 0 Å². The lowest BCUT2D eigenvalue weighted by Gasteiger charge is -2.47. The van der Waals surface area contributed by atoms with Gasteiger partial charge in [-0.15, -0.1) is 11.8 Å². The Bertz CT molecular complexity index is 326. The average molecular weight is 512 g/mol. The van der Waals surface area contributed by atoms with Crippen LogP contribution < -0.4 is 24.0 Å². The summed E-state index contributed by atoms with van der Waals surface area (Å²) >= 11 is 2.20. The Hall–Kier alpha value is 1.04. The van der Waals surface area contributed by atoms with E-state index in [4.69, 9.17) is 0 Å². The van der Waals surface area contributed by atoms with Crippen molar-refractivity contribution in [2.75, 3.05) is 25.9 Å². The summed E-state index contributed by atoms with van der Waals surface area (Å²) in [7, 11) is 2.53. The summed E-state index contributed by atoms with van der Waals surface area (Å²) in [5, 5.41) is 0.852. The Morgan fingerprint density at radius 2 is 1.19 bits per heavy atom. The van der Waals surface area contributed by atoms with Gasteiger partial charge < -0.3 is 28.5 Å². The van der Waals surface area contributed by atoms with Crippen molar-refractivity contribution in [3.05, 3.63) is 0 Å². The van der Waals surface area contributed by atoms with Crippen LogP contribution in [0.15, 0.2) is 0 Å². The van der Waals surface area contributed by atoms with E-state index in [1.807, 2.05) is 0 Å². The molecule has 1 saturated heterocycles. The first-order valence-corrected chi connectivity index (χ1v) is 13.1. The third-order valence-corrected chi connectivity index (χ3v) is 8.02. The van der Waals surface area contributed by atoms with E-state index in [9.17, 15) is 0 Å². The molecule has 3 atom stereocenters. The maximum atomic E-state index is 2.53. The molecule has 1 nitrogen and oxygen atoms in total. The molecule has 0 bridgehead atoms. The fourth-order valence-corrected chi connectivity index (χ4v) is 6.55. The van der Waals surface area contributed by atoms with Crippen LogP contribution in [-0.2, 0) is 0 Å². The van der Waals surface area contributed by atoms with E-state index in [-0.39, 0.29) is 24.0 Å². The van der Waals surface area contributed by atoms with E-state index in [2.05, 4.69) is 39.6 Å². The lowest BCUT2D eigenvalue weighted by molar-refractivity contribution is -0.932. The van der Waals surface area contributed by atoms with Crippen LogP contribution in [0.1, 0.15) is 117 Å². The molecule has 0 aromatic rings. The number of unbranched alkanes of at least 4 members (excludes halogenated alkanes) is 13. The summed E-state index contributed by atoms with van der Waals surface area (Å²) in [4.78, 5) is 0. The first-order chi connectivity index (χ1) is 12.6. The molecular formula is C24H50INS. The second kappa shape index (κ2) is 17.9. The van der Waals surface area contributed by atoms with E-state index >= 15 is 0 Å². The molecule has 0 aromatic carbocycles. The zero-order valence-corrected chi connectivity index (χ0v) is 22.1. The van der Waals surface area contributed by atoms with Crippen molar-refractivity contribution in [3.8, 4) is 0 Å². The van der Waals surface area contributed by atoms with Crippen molar-refractivity contribution in [3.63, 3.8) is 0 Å². The predicted octanol–water partition coefficient (Wildman–Crippen LogP) is 4.83. The SMILES string of the molecule is CCCCCCCCCCCCCCCC[N+]1(C)CCSC(C)C1CC.[I-]. The van der Waals surface area contributed by atoms with Gasteiger partial charge in [-0.25, -0.2) is 0 Å². The summed E-state index contributed by atoms with van der Waals surface area (Å²) in [5.74, 6) is 1.37. The number of halogens is 1. The molecule has 1 aliphatic heterocycles. The molecule has 1 heterocycles. The molecule has 3 heteroatoms. The molecule has 0 amide bonds. The summed E-state index contributed by atoms with van der Waals surface area (Å²) in [6.45, 7) is 9.97. The molecule has 0 saturated carbocycles. The molecule has 1 rings (SSSR count). The molecule has 27 heavy (non-hydrogen) atoms. The van der Waals surface area contributed by atoms with Gasteiger partial charge in [-0.1, -0.05) is 90.9 Å². The minimum absolute atomic E-state index is 0. The molecule has 0 spiro atoms. The van der Waals surface area contributed by atoms with Crippen molar-refractivity contribution in [2.45, 2.75) is 128 Å². The zero-order chi connectivity index (χ0) is 19.1.